The van der Waals surface area contributed by atoms with Crippen molar-refractivity contribution in [3.63, 3.8) is 0 Å². The van der Waals surface area contributed by atoms with Crippen molar-refractivity contribution in [1.82, 2.24) is 4.90 Å². The first-order valence-corrected chi connectivity index (χ1v) is 18.2. The number of ether oxygens (including phenoxy) is 2. The molecule has 0 fully saturated rings. The van der Waals surface area contributed by atoms with E-state index < -0.39 is 11.2 Å². The first kappa shape index (κ1) is 33.5. The number of rotatable bonds is 13. The zero-order valence-corrected chi connectivity index (χ0v) is 28.1. The van der Waals surface area contributed by atoms with Gasteiger partial charge in [-0.3, -0.25) is 0 Å². The van der Waals surface area contributed by atoms with Crippen LogP contribution in [0.1, 0.15) is 81.0 Å². The lowest BCUT2D eigenvalue weighted by molar-refractivity contribution is 0.174. The zero-order chi connectivity index (χ0) is 30.4. The Bertz CT molecular complexity index is 1260. The van der Waals surface area contributed by atoms with Gasteiger partial charge in [-0.15, -0.1) is 11.8 Å². The number of thioether (sulfide) groups is 1. The third kappa shape index (κ3) is 10.3. The van der Waals surface area contributed by atoms with Gasteiger partial charge in [-0.2, -0.15) is 0 Å². The van der Waals surface area contributed by atoms with Crippen LogP contribution in [0.25, 0.3) is 5.57 Å². The molecule has 0 N–H and O–H groups in total. The number of nitrogens with zero attached hydrogens (tertiary/aromatic N) is 1. The van der Waals surface area contributed by atoms with E-state index in [-0.39, 0.29) is 5.25 Å². The fourth-order valence-corrected chi connectivity index (χ4v) is 7.77. The van der Waals surface area contributed by atoms with Gasteiger partial charge in [0.25, 0.3) is 0 Å². The highest BCUT2D eigenvalue weighted by atomic mass is 32.2. The van der Waals surface area contributed by atoms with E-state index >= 15 is 0 Å². The Kier molecular flexibility index (Phi) is 13.9. The molecule has 6 heteroatoms. The zero-order valence-electron chi connectivity index (χ0n) is 26.5. The van der Waals surface area contributed by atoms with E-state index in [0.29, 0.717) is 6.79 Å². The molecule has 2 unspecified atom stereocenters. The molecule has 2 aliphatic heterocycles. The molecule has 0 aromatic heterocycles. The average Bonchev–Trinajstić information content (AvgIpc) is 3.42. The molecular formula is C37H49NO3S2. The number of unbranched alkanes of at least 4 members (excludes halogenated alkanes) is 5. The molecule has 0 aliphatic carbocycles. The van der Waals surface area contributed by atoms with Crippen molar-refractivity contribution in [2.24, 2.45) is 0 Å². The monoisotopic (exact) mass is 619 g/mol. The summed E-state index contributed by atoms with van der Waals surface area (Å²) in [5.41, 5.74) is 6.79. The predicted octanol–water partition coefficient (Wildman–Crippen LogP) is 9.13. The molecule has 2 atom stereocenters. The summed E-state index contributed by atoms with van der Waals surface area (Å²) >= 11 is 1.20. The highest BCUT2D eigenvalue weighted by Crippen LogP contribution is 2.40. The Morgan fingerprint density at radius 3 is 2.44 bits per heavy atom. The van der Waals surface area contributed by atoms with Crippen LogP contribution in [-0.4, -0.2) is 47.9 Å². The average molecular weight is 620 g/mol. The van der Waals surface area contributed by atoms with Crippen molar-refractivity contribution in [1.29, 1.82) is 0 Å². The number of benzene rings is 3. The number of hydrogen-bond acceptors (Lipinski definition) is 5. The lowest BCUT2D eigenvalue weighted by Gasteiger charge is -2.18. The highest BCUT2D eigenvalue weighted by molar-refractivity contribution is 7.98. The maximum absolute atomic E-state index is 12.3. The molecule has 0 radical (unpaired) electrons. The summed E-state index contributed by atoms with van der Waals surface area (Å²) in [5, 5.41) is 0.191. The fraction of sp³-hybridized carbons (Fsp3) is 0.459. The number of fused-ring (bicyclic) bond motifs is 3. The van der Waals surface area contributed by atoms with Crippen LogP contribution in [-0.2, 0) is 23.3 Å². The molecule has 5 rings (SSSR count). The van der Waals surface area contributed by atoms with Gasteiger partial charge in [0.2, 0.25) is 6.79 Å². The molecule has 0 amide bonds. The summed E-state index contributed by atoms with van der Waals surface area (Å²) in [6, 6.07) is 23.6. The summed E-state index contributed by atoms with van der Waals surface area (Å²) in [4.78, 5) is 3.63. The molecule has 43 heavy (non-hydrogen) atoms. The van der Waals surface area contributed by atoms with E-state index in [2.05, 4.69) is 87.4 Å². The van der Waals surface area contributed by atoms with Crippen LogP contribution in [0.2, 0.25) is 0 Å². The molecule has 3 aromatic carbocycles. The summed E-state index contributed by atoms with van der Waals surface area (Å²) in [6.07, 6.45) is 11.8. The van der Waals surface area contributed by atoms with Crippen LogP contribution in [0.4, 0.5) is 0 Å². The maximum Gasteiger partial charge on any atom is 0.231 e. The van der Waals surface area contributed by atoms with E-state index in [1.165, 1.54) is 64.8 Å². The van der Waals surface area contributed by atoms with Gasteiger partial charge in [-0.25, -0.2) is 0 Å². The standard InChI is InChI=1S/C19H21NS.C18H28O3S/c1-20(2)13-7-11-17-16-9-4-3-8-15(16)14-21-19-12-6-5-10-18(17)19;1-3-4-5-6-7-8-11-22(19)15(2)12-16-9-10-17-18(13-16)21-14-20-17/h3-6,8-12H,7,13-14H2,1-2H3;9-10,13,15H,3-8,11-12,14H2,1-2H3/b17-11-;. The first-order valence-electron chi connectivity index (χ1n) is 15.9. The molecule has 232 valence electrons. The topological polar surface area (TPSA) is 44.8 Å². The lowest BCUT2D eigenvalue weighted by Crippen LogP contribution is -2.23. The van der Waals surface area contributed by atoms with E-state index in [9.17, 15) is 4.55 Å². The van der Waals surface area contributed by atoms with Gasteiger partial charge >= 0.3 is 0 Å². The fourth-order valence-electron chi connectivity index (χ4n) is 5.43. The molecule has 0 bridgehead atoms. The van der Waals surface area contributed by atoms with Crippen molar-refractivity contribution >= 4 is 28.5 Å². The summed E-state index contributed by atoms with van der Waals surface area (Å²) in [6.45, 7) is 5.70. The quantitative estimate of drug-likeness (QED) is 0.141. The highest BCUT2D eigenvalue weighted by Gasteiger charge is 2.20. The Morgan fingerprint density at radius 1 is 0.907 bits per heavy atom. The molecule has 0 saturated carbocycles. The van der Waals surface area contributed by atoms with Gasteiger partial charge < -0.3 is 18.9 Å². The van der Waals surface area contributed by atoms with Crippen molar-refractivity contribution in [3.05, 3.63) is 95.1 Å². The number of hydrogen-bond donors (Lipinski definition) is 0. The van der Waals surface area contributed by atoms with Crippen molar-refractivity contribution < 1.29 is 14.0 Å². The molecule has 4 nitrogen and oxygen atoms in total. The minimum absolute atomic E-state index is 0.191. The van der Waals surface area contributed by atoms with Crippen LogP contribution in [0, 0.1) is 0 Å². The van der Waals surface area contributed by atoms with Crippen LogP contribution < -0.4 is 9.47 Å². The minimum atomic E-state index is -0.743. The van der Waals surface area contributed by atoms with Crippen LogP contribution >= 0.6 is 11.8 Å². The van der Waals surface area contributed by atoms with Crippen LogP contribution in [0.15, 0.2) is 77.7 Å². The largest absolute Gasteiger partial charge is 0.616 e. The second-order valence-corrected chi connectivity index (χ2v) is 14.7. The Labute approximate surface area is 267 Å². The van der Waals surface area contributed by atoms with Crippen LogP contribution in [0.5, 0.6) is 11.5 Å². The predicted molar refractivity (Wildman–Crippen MR) is 185 cm³/mol. The summed E-state index contributed by atoms with van der Waals surface area (Å²) < 4.78 is 23.0. The summed E-state index contributed by atoms with van der Waals surface area (Å²) in [5.74, 6) is 3.51. The lowest BCUT2D eigenvalue weighted by atomic mass is 9.93. The summed E-state index contributed by atoms with van der Waals surface area (Å²) in [7, 11) is 4.26. The van der Waals surface area contributed by atoms with E-state index in [1.807, 2.05) is 30.0 Å². The smallest absolute Gasteiger partial charge is 0.231 e. The molecular weight excluding hydrogens is 571 g/mol. The Morgan fingerprint density at radius 2 is 1.63 bits per heavy atom. The van der Waals surface area contributed by atoms with Gasteiger partial charge in [0.05, 0.1) is 0 Å². The van der Waals surface area contributed by atoms with Gasteiger partial charge in [-0.1, -0.05) is 98.4 Å². The van der Waals surface area contributed by atoms with Crippen molar-refractivity contribution in [3.8, 4) is 11.5 Å². The van der Waals surface area contributed by atoms with E-state index in [4.69, 9.17) is 9.47 Å². The van der Waals surface area contributed by atoms with Crippen molar-refractivity contribution in [2.75, 3.05) is 33.2 Å². The first-order chi connectivity index (χ1) is 21.0. The van der Waals surface area contributed by atoms with Crippen LogP contribution in [0.3, 0.4) is 0 Å². The van der Waals surface area contributed by atoms with Crippen molar-refractivity contribution in [2.45, 2.75) is 81.1 Å². The second kappa shape index (κ2) is 17.8. The van der Waals surface area contributed by atoms with Gasteiger partial charge in [0, 0.05) is 23.6 Å². The normalized spacial score (nSPS) is 15.7. The van der Waals surface area contributed by atoms with Gasteiger partial charge in [-0.05, 0) is 86.3 Å². The molecule has 2 aliphatic rings. The van der Waals surface area contributed by atoms with Gasteiger partial charge in [0.15, 0.2) is 11.5 Å². The molecule has 0 saturated heterocycles. The van der Waals surface area contributed by atoms with E-state index in [1.54, 1.807) is 0 Å². The Hall–Kier alpha value is -2.38. The minimum Gasteiger partial charge on any atom is -0.616 e. The van der Waals surface area contributed by atoms with Gasteiger partial charge in [0.1, 0.15) is 11.0 Å². The Balaban J connectivity index is 0.000000197. The maximum atomic E-state index is 12.3. The molecule has 0 spiro atoms. The third-order valence-corrected chi connectivity index (χ3v) is 10.8. The second-order valence-electron chi connectivity index (χ2n) is 11.7. The third-order valence-electron chi connectivity index (χ3n) is 7.90. The molecule has 3 aromatic rings. The van der Waals surface area contributed by atoms with E-state index in [0.717, 1.165) is 48.8 Å². The molecule has 2 heterocycles. The SMILES string of the molecule is CCCCCCCC[S+]([O-])C(C)Cc1ccc2c(c1)OCO2.CN(C)CC/C=C1/c2ccccc2CSc2ccccc21.